The molecule has 1 rings (SSSR count). The number of nitrogens with zero attached hydrogens (tertiary/aromatic N) is 2. The molecule has 11 heteroatoms. The molecule has 6 nitrogen and oxygen atoms in total. The third kappa shape index (κ3) is 6.62. The van der Waals surface area contributed by atoms with Gasteiger partial charge in [0.05, 0.1) is 19.1 Å². The Hall–Kier alpha value is -1.39. The second kappa shape index (κ2) is 9.19. The van der Waals surface area contributed by atoms with Gasteiger partial charge < -0.3 is 16.0 Å². The second-order valence-corrected chi connectivity index (χ2v) is 6.30. The summed E-state index contributed by atoms with van der Waals surface area (Å²) in [6, 6.07) is -0.721. The number of carbonyl (C=O) groups excluding carboxylic acids is 2. The minimum Gasteiger partial charge on any atom is -0.346 e. The third-order valence-electron chi connectivity index (χ3n) is 3.08. The summed E-state index contributed by atoms with van der Waals surface area (Å²) >= 11 is 0.823. The molecule has 0 aliphatic rings. The number of aromatic nitrogens is 1. The van der Waals surface area contributed by atoms with Gasteiger partial charge in [-0.1, -0.05) is 13.8 Å². The number of hydrogen-bond acceptors (Lipinski definition) is 5. The van der Waals surface area contributed by atoms with E-state index in [2.05, 4.69) is 10.3 Å². The Kier molecular flexibility index (Phi) is 8.65. The molecule has 0 radical (unpaired) electrons. The van der Waals surface area contributed by atoms with Crippen molar-refractivity contribution in [1.82, 2.24) is 15.2 Å². The fraction of sp³-hybridized carbons (Fsp3) is 0.615. The Morgan fingerprint density at radius 3 is 2.46 bits per heavy atom. The molecule has 0 unspecified atom stereocenters. The highest BCUT2D eigenvalue weighted by Gasteiger charge is 2.33. The first-order valence-corrected chi connectivity index (χ1v) is 7.69. The number of alkyl halides is 3. The van der Waals surface area contributed by atoms with Gasteiger partial charge in [-0.15, -0.1) is 23.7 Å². The molecule has 0 aromatic carbocycles. The smallest absolute Gasteiger partial charge is 0.346 e. The molecule has 3 N–H and O–H groups in total. The lowest BCUT2D eigenvalue weighted by atomic mass is 10.1. The van der Waals surface area contributed by atoms with Crippen LogP contribution in [0.5, 0.6) is 0 Å². The fourth-order valence-electron chi connectivity index (χ4n) is 1.52. The van der Waals surface area contributed by atoms with Crippen LogP contribution in [0.3, 0.4) is 0 Å². The highest BCUT2D eigenvalue weighted by Crippen LogP contribution is 2.30. The predicted octanol–water partition coefficient (Wildman–Crippen LogP) is 1.64. The largest absolute Gasteiger partial charge is 0.434 e. The van der Waals surface area contributed by atoms with Crippen molar-refractivity contribution in [2.75, 3.05) is 13.6 Å². The Balaban J connectivity index is 0.00000529. The molecule has 1 heterocycles. The molecular formula is C13H20ClF3N4O2S. The first kappa shape index (κ1) is 22.6. The molecule has 1 aromatic rings. The number of nitrogens with two attached hydrogens (primary N) is 1. The monoisotopic (exact) mass is 388 g/mol. The van der Waals surface area contributed by atoms with Crippen molar-refractivity contribution in [1.29, 1.82) is 0 Å². The molecule has 0 saturated carbocycles. The minimum absolute atomic E-state index is 0. The van der Waals surface area contributed by atoms with Crippen molar-refractivity contribution >= 4 is 35.6 Å². The number of nitrogens with one attached hydrogen (secondary N) is 1. The van der Waals surface area contributed by atoms with E-state index in [4.69, 9.17) is 5.73 Å². The van der Waals surface area contributed by atoms with Gasteiger partial charge in [0, 0.05) is 12.4 Å². The standard InChI is InChI=1S/C13H19F3N4O2S.ClH/c1-7(2)11(17)12(22)18-4-10(21)20(3)5-9-19-8(6-23-9)13(14,15)16;/h6-7,11H,4-5,17H2,1-3H3,(H,18,22);1H/t11-;/m0./s1. The second-order valence-electron chi connectivity index (χ2n) is 5.36. The highest BCUT2D eigenvalue weighted by molar-refractivity contribution is 7.09. The predicted molar refractivity (Wildman–Crippen MR) is 86.7 cm³/mol. The van der Waals surface area contributed by atoms with Gasteiger partial charge in [-0.05, 0) is 5.92 Å². The fourth-order valence-corrected chi connectivity index (χ4v) is 2.38. The normalized spacial score (nSPS) is 12.5. The summed E-state index contributed by atoms with van der Waals surface area (Å²) in [6.07, 6.45) is -4.50. The van der Waals surface area contributed by atoms with Crippen LogP contribution >= 0.6 is 23.7 Å². The maximum atomic E-state index is 12.5. The lowest BCUT2D eigenvalue weighted by molar-refractivity contribution is -0.140. The molecule has 0 saturated heterocycles. The Morgan fingerprint density at radius 2 is 2.00 bits per heavy atom. The molecule has 0 fully saturated rings. The van der Waals surface area contributed by atoms with Crippen LogP contribution in [0.15, 0.2) is 5.38 Å². The van der Waals surface area contributed by atoms with E-state index in [9.17, 15) is 22.8 Å². The average Bonchev–Trinajstić information content (AvgIpc) is 2.91. The zero-order valence-electron chi connectivity index (χ0n) is 13.4. The number of rotatable bonds is 6. The molecule has 0 aliphatic carbocycles. The SMILES string of the molecule is CC(C)[C@H](N)C(=O)NCC(=O)N(C)Cc1nc(C(F)(F)F)cs1.Cl. The van der Waals surface area contributed by atoms with Crippen molar-refractivity contribution in [2.45, 2.75) is 32.6 Å². The Bertz CT molecular complexity index is 566. The molecule has 1 atom stereocenters. The summed E-state index contributed by atoms with van der Waals surface area (Å²) in [4.78, 5) is 28.2. The zero-order valence-corrected chi connectivity index (χ0v) is 15.0. The summed E-state index contributed by atoms with van der Waals surface area (Å²) in [7, 11) is 1.42. The Morgan fingerprint density at radius 1 is 1.42 bits per heavy atom. The van der Waals surface area contributed by atoms with Gasteiger partial charge >= 0.3 is 6.18 Å². The van der Waals surface area contributed by atoms with Gasteiger partial charge in [0.15, 0.2) is 5.69 Å². The minimum atomic E-state index is -4.50. The van der Waals surface area contributed by atoms with Crippen LogP contribution in [0.25, 0.3) is 0 Å². The van der Waals surface area contributed by atoms with E-state index >= 15 is 0 Å². The lowest BCUT2D eigenvalue weighted by Gasteiger charge is -2.18. The van der Waals surface area contributed by atoms with E-state index in [1.807, 2.05) is 0 Å². The van der Waals surface area contributed by atoms with Crippen molar-refractivity contribution < 1.29 is 22.8 Å². The van der Waals surface area contributed by atoms with E-state index < -0.39 is 29.7 Å². The van der Waals surface area contributed by atoms with Gasteiger partial charge in [-0.2, -0.15) is 13.2 Å². The van der Waals surface area contributed by atoms with E-state index in [1.165, 1.54) is 11.9 Å². The first-order chi connectivity index (χ1) is 10.5. The molecule has 24 heavy (non-hydrogen) atoms. The van der Waals surface area contributed by atoms with E-state index in [1.54, 1.807) is 13.8 Å². The summed E-state index contributed by atoms with van der Waals surface area (Å²) in [5.74, 6) is -0.965. The number of thiazole rings is 1. The van der Waals surface area contributed by atoms with Crippen LogP contribution < -0.4 is 11.1 Å². The number of amides is 2. The van der Waals surface area contributed by atoms with Crippen molar-refractivity contribution in [3.8, 4) is 0 Å². The van der Waals surface area contributed by atoms with Crippen LogP contribution in [0, 0.1) is 5.92 Å². The molecule has 138 valence electrons. The van der Waals surface area contributed by atoms with Crippen LogP contribution in [0.4, 0.5) is 13.2 Å². The third-order valence-corrected chi connectivity index (χ3v) is 3.91. The number of hydrogen-bond donors (Lipinski definition) is 2. The average molecular weight is 389 g/mol. The molecule has 0 bridgehead atoms. The van der Waals surface area contributed by atoms with E-state index in [0.717, 1.165) is 16.7 Å². The van der Waals surface area contributed by atoms with Crippen LogP contribution in [0.2, 0.25) is 0 Å². The van der Waals surface area contributed by atoms with Gasteiger partial charge in [0.25, 0.3) is 0 Å². The number of likely N-dealkylation sites (N-methyl/N-ethyl adjacent to an activating group) is 1. The summed E-state index contributed by atoms with van der Waals surface area (Å²) in [5, 5.41) is 3.47. The van der Waals surface area contributed by atoms with Crippen molar-refractivity contribution in [2.24, 2.45) is 11.7 Å². The van der Waals surface area contributed by atoms with Gasteiger partial charge in [0.2, 0.25) is 11.8 Å². The highest BCUT2D eigenvalue weighted by atomic mass is 35.5. The zero-order chi connectivity index (χ0) is 17.8. The van der Waals surface area contributed by atoms with Gasteiger partial charge in [0.1, 0.15) is 5.01 Å². The van der Waals surface area contributed by atoms with Crippen LogP contribution in [-0.2, 0) is 22.3 Å². The summed E-state index contributed by atoms with van der Waals surface area (Å²) in [5.41, 5.74) is 4.66. The molecule has 0 aliphatic heterocycles. The molecule has 2 amide bonds. The Labute approximate surface area is 148 Å². The quantitative estimate of drug-likeness (QED) is 0.775. The summed E-state index contributed by atoms with van der Waals surface area (Å²) in [6.45, 7) is 3.22. The maximum Gasteiger partial charge on any atom is 0.434 e. The molecule has 1 aromatic heterocycles. The summed E-state index contributed by atoms with van der Waals surface area (Å²) < 4.78 is 37.4. The maximum absolute atomic E-state index is 12.5. The lowest BCUT2D eigenvalue weighted by Crippen LogP contribution is -2.47. The van der Waals surface area contributed by atoms with Crippen LogP contribution in [-0.4, -0.2) is 41.3 Å². The van der Waals surface area contributed by atoms with Gasteiger partial charge in [-0.25, -0.2) is 4.98 Å². The number of halogens is 4. The topological polar surface area (TPSA) is 88.3 Å². The van der Waals surface area contributed by atoms with Gasteiger partial charge in [-0.3, -0.25) is 9.59 Å². The molecular weight excluding hydrogens is 369 g/mol. The number of carbonyl (C=O) groups is 2. The van der Waals surface area contributed by atoms with Crippen molar-refractivity contribution in [3.63, 3.8) is 0 Å². The molecule has 0 spiro atoms. The van der Waals surface area contributed by atoms with E-state index in [-0.39, 0.29) is 36.4 Å². The van der Waals surface area contributed by atoms with Crippen molar-refractivity contribution in [3.05, 3.63) is 16.1 Å². The van der Waals surface area contributed by atoms with Crippen LogP contribution in [0.1, 0.15) is 24.5 Å². The van der Waals surface area contributed by atoms with E-state index in [0.29, 0.717) is 0 Å². The first-order valence-electron chi connectivity index (χ1n) is 6.81.